The molecule has 2 aromatic rings. The number of hydrogen-bond acceptors (Lipinski definition) is 2. The Hall–Kier alpha value is -2.76. The third kappa shape index (κ3) is 3.17. The highest BCUT2D eigenvalue weighted by molar-refractivity contribution is 6.04. The quantitative estimate of drug-likeness (QED) is 0.692. The fourth-order valence-corrected chi connectivity index (χ4v) is 1.86. The second kappa shape index (κ2) is 5.48. The fraction of sp³-hybridized carbons (Fsp3) is 0.143. The lowest BCUT2D eigenvalue weighted by molar-refractivity contribution is 0.0692. The molecular formula is C14H15N3O3. The van der Waals surface area contributed by atoms with Crippen molar-refractivity contribution < 1.29 is 14.7 Å². The molecule has 0 unspecified atom stereocenters. The number of nitrogens with one attached hydrogen (secondary N) is 3. The maximum absolute atomic E-state index is 11.8. The molecule has 0 saturated heterocycles. The Bertz CT molecular complexity index is 661. The van der Waals surface area contributed by atoms with Gasteiger partial charge in [-0.3, -0.25) is 0 Å². The molecule has 0 fully saturated rings. The standard InChI is InChI=1S/C14H15N3O3/c1-8-4-3-5-10(6-8)16-14(20)17-11-7-9(2)15-12(11)13(18)19/h3-7,15H,1-2H3,(H,18,19)(H2,16,17,20). The number of carbonyl (C=O) groups is 2. The Balaban J connectivity index is 2.10. The number of anilines is 2. The average Bonchev–Trinajstić information content (AvgIpc) is 2.70. The van der Waals surface area contributed by atoms with Crippen molar-refractivity contribution in [3.63, 3.8) is 0 Å². The van der Waals surface area contributed by atoms with Crippen LogP contribution in [0, 0.1) is 13.8 Å². The van der Waals surface area contributed by atoms with Gasteiger partial charge in [0.15, 0.2) is 0 Å². The van der Waals surface area contributed by atoms with Crippen molar-refractivity contribution in [3.8, 4) is 0 Å². The van der Waals surface area contributed by atoms with Crippen molar-refractivity contribution in [2.75, 3.05) is 10.6 Å². The van der Waals surface area contributed by atoms with Gasteiger partial charge in [-0.25, -0.2) is 9.59 Å². The summed E-state index contributed by atoms with van der Waals surface area (Å²) in [6.45, 7) is 3.64. The summed E-state index contributed by atoms with van der Waals surface area (Å²) in [5.74, 6) is -1.12. The third-order valence-electron chi connectivity index (χ3n) is 2.69. The number of aromatic carboxylic acids is 1. The normalized spacial score (nSPS) is 10.1. The molecule has 0 bridgehead atoms. The van der Waals surface area contributed by atoms with E-state index in [4.69, 9.17) is 5.11 Å². The Labute approximate surface area is 115 Å². The fourth-order valence-electron chi connectivity index (χ4n) is 1.86. The van der Waals surface area contributed by atoms with Crippen LogP contribution in [0.25, 0.3) is 0 Å². The van der Waals surface area contributed by atoms with Crippen LogP contribution in [0.5, 0.6) is 0 Å². The number of H-pyrrole nitrogens is 1. The number of urea groups is 1. The molecule has 0 spiro atoms. The first-order valence-corrected chi connectivity index (χ1v) is 6.03. The van der Waals surface area contributed by atoms with E-state index < -0.39 is 12.0 Å². The summed E-state index contributed by atoms with van der Waals surface area (Å²) < 4.78 is 0. The van der Waals surface area contributed by atoms with E-state index in [1.165, 1.54) is 0 Å². The molecule has 1 aromatic heterocycles. The highest BCUT2D eigenvalue weighted by Crippen LogP contribution is 2.17. The lowest BCUT2D eigenvalue weighted by Crippen LogP contribution is -2.20. The highest BCUT2D eigenvalue weighted by atomic mass is 16.4. The first kappa shape index (κ1) is 13.7. The van der Waals surface area contributed by atoms with Gasteiger partial charge in [-0.1, -0.05) is 12.1 Å². The van der Waals surface area contributed by atoms with Gasteiger partial charge in [0, 0.05) is 11.4 Å². The number of aryl methyl sites for hydroxylation is 2. The largest absolute Gasteiger partial charge is 0.477 e. The number of carboxylic acids is 1. The molecule has 6 nitrogen and oxygen atoms in total. The van der Waals surface area contributed by atoms with Crippen LogP contribution in [0.4, 0.5) is 16.2 Å². The van der Waals surface area contributed by atoms with Crippen molar-refractivity contribution in [2.45, 2.75) is 13.8 Å². The van der Waals surface area contributed by atoms with Gasteiger partial charge in [0.25, 0.3) is 0 Å². The molecule has 1 heterocycles. The van der Waals surface area contributed by atoms with E-state index in [-0.39, 0.29) is 11.4 Å². The smallest absolute Gasteiger partial charge is 0.354 e. The minimum Gasteiger partial charge on any atom is -0.477 e. The molecule has 0 radical (unpaired) electrons. The topological polar surface area (TPSA) is 94.2 Å². The van der Waals surface area contributed by atoms with E-state index in [2.05, 4.69) is 15.6 Å². The van der Waals surface area contributed by atoms with E-state index >= 15 is 0 Å². The third-order valence-corrected chi connectivity index (χ3v) is 2.69. The number of carbonyl (C=O) groups excluding carboxylic acids is 1. The van der Waals surface area contributed by atoms with Gasteiger partial charge in [0.1, 0.15) is 5.69 Å². The van der Waals surface area contributed by atoms with Crippen LogP contribution >= 0.6 is 0 Å². The molecule has 0 saturated carbocycles. The van der Waals surface area contributed by atoms with E-state index in [0.29, 0.717) is 11.4 Å². The number of amides is 2. The molecule has 20 heavy (non-hydrogen) atoms. The molecule has 4 N–H and O–H groups in total. The van der Waals surface area contributed by atoms with Crippen LogP contribution in [0.15, 0.2) is 30.3 Å². The zero-order chi connectivity index (χ0) is 14.7. The zero-order valence-corrected chi connectivity index (χ0v) is 11.2. The van der Waals surface area contributed by atoms with Gasteiger partial charge >= 0.3 is 12.0 Å². The highest BCUT2D eigenvalue weighted by Gasteiger charge is 2.15. The minimum atomic E-state index is -1.12. The van der Waals surface area contributed by atoms with Gasteiger partial charge in [0.05, 0.1) is 5.69 Å². The number of benzene rings is 1. The Morgan fingerprint density at radius 1 is 1.15 bits per heavy atom. The van der Waals surface area contributed by atoms with Crippen LogP contribution < -0.4 is 10.6 Å². The molecule has 0 aliphatic heterocycles. The van der Waals surface area contributed by atoms with Crippen molar-refractivity contribution in [1.29, 1.82) is 0 Å². The van der Waals surface area contributed by atoms with Crippen molar-refractivity contribution in [2.24, 2.45) is 0 Å². The number of aromatic amines is 1. The van der Waals surface area contributed by atoms with E-state index in [9.17, 15) is 9.59 Å². The van der Waals surface area contributed by atoms with Crippen LogP contribution in [0.2, 0.25) is 0 Å². The molecular weight excluding hydrogens is 258 g/mol. The number of aromatic nitrogens is 1. The Kier molecular flexibility index (Phi) is 3.74. The Morgan fingerprint density at radius 3 is 2.55 bits per heavy atom. The van der Waals surface area contributed by atoms with E-state index in [1.54, 1.807) is 19.1 Å². The second-order valence-corrected chi connectivity index (χ2v) is 4.49. The van der Waals surface area contributed by atoms with E-state index in [1.807, 2.05) is 25.1 Å². The summed E-state index contributed by atoms with van der Waals surface area (Å²) >= 11 is 0. The molecule has 104 valence electrons. The van der Waals surface area contributed by atoms with Crippen LogP contribution in [-0.4, -0.2) is 22.1 Å². The van der Waals surface area contributed by atoms with Crippen molar-refractivity contribution >= 4 is 23.4 Å². The molecule has 6 heteroatoms. The SMILES string of the molecule is Cc1cccc(NC(=O)Nc2cc(C)[nH]c2C(=O)O)c1. The van der Waals surface area contributed by atoms with Crippen molar-refractivity contribution in [3.05, 3.63) is 47.3 Å². The predicted molar refractivity (Wildman–Crippen MR) is 76.3 cm³/mol. The van der Waals surface area contributed by atoms with Crippen LogP contribution in [0.1, 0.15) is 21.7 Å². The number of rotatable bonds is 3. The molecule has 0 aliphatic rings. The second-order valence-electron chi connectivity index (χ2n) is 4.49. The lowest BCUT2D eigenvalue weighted by atomic mass is 10.2. The average molecular weight is 273 g/mol. The monoisotopic (exact) mass is 273 g/mol. The maximum atomic E-state index is 11.8. The molecule has 1 aromatic carbocycles. The summed E-state index contributed by atoms with van der Waals surface area (Å²) in [6.07, 6.45) is 0. The lowest BCUT2D eigenvalue weighted by Gasteiger charge is -2.07. The van der Waals surface area contributed by atoms with Crippen LogP contribution in [-0.2, 0) is 0 Å². The summed E-state index contributed by atoms with van der Waals surface area (Å²) in [6, 6.07) is 8.40. The molecule has 2 rings (SSSR count). The summed E-state index contributed by atoms with van der Waals surface area (Å²) in [5.41, 5.74) is 2.52. The van der Waals surface area contributed by atoms with Gasteiger partial charge in [-0.2, -0.15) is 0 Å². The maximum Gasteiger partial charge on any atom is 0.354 e. The zero-order valence-electron chi connectivity index (χ0n) is 11.2. The summed E-state index contributed by atoms with van der Waals surface area (Å²) in [7, 11) is 0. The number of hydrogen-bond donors (Lipinski definition) is 4. The first-order chi connectivity index (χ1) is 9.45. The van der Waals surface area contributed by atoms with Gasteiger partial charge in [-0.15, -0.1) is 0 Å². The van der Waals surface area contributed by atoms with Gasteiger partial charge in [-0.05, 0) is 37.6 Å². The summed E-state index contributed by atoms with van der Waals surface area (Å²) in [4.78, 5) is 25.5. The number of carboxylic acid groups (broad SMARTS) is 1. The molecule has 2 amide bonds. The van der Waals surface area contributed by atoms with Gasteiger partial charge in [0.2, 0.25) is 0 Å². The summed E-state index contributed by atoms with van der Waals surface area (Å²) in [5, 5.41) is 14.2. The van der Waals surface area contributed by atoms with Crippen LogP contribution in [0.3, 0.4) is 0 Å². The first-order valence-electron chi connectivity index (χ1n) is 6.03. The Morgan fingerprint density at radius 2 is 1.90 bits per heavy atom. The molecule has 0 aliphatic carbocycles. The predicted octanol–water partition coefficient (Wildman–Crippen LogP) is 2.97. The molecule has 0 atom stereocenters. The van der Waals surface area contributed by atoms with E-state index in [0.717, 1.165) is 5.56 Å². The van der Waals surface area contributed by atoms with Crippen molar-refractivity contribution in [1.82, 2.24) is 4.98 Å². The van der Waals surface area contributed by atoms with Gasteiger partial charge < -0.3 is 20.7 Å². The minimum absolute atomic E-state index is 0.0399.